The first-order valence-corrected chi connectivity index (χ1v) is 9.09. The first-order chi connectivity index (χ1) is 9.79. The van der Waals surface area contributed by atoms with E-state index < -0.39 is 0 Å². The van der Waals surface area contributed by atoms with Crippen molar-refractivity contribution in [2.24, 2.45) is 5.92 Å². The maximum Gasteiger partial charge on any atom is 0.185 e. The molecule has 0 spiro atoms. The highest BCUT2D eigenvalue weighted by Gasteiger charge is 2.31. The second-order valence-electron chi connectivity index (χ2n) is 6.90. The molecule has 3 fully saturated rings. The number of aromatic nitrogens is 1. The van der Waals surface area contributed by atoms with Gasteiger partial charge in [-0.05, 0) is 44.4 Å². The molecular weight excluding hydrogens is 266 g/mol. The zero-order chi connectivity index (χ0) is 13.5. The molecule has 3 nitrogen and oxygen atoms in total. The van der Waals surface area contributed by atoms with Crippen molar-refractivity contribution < 1.29 is 0 Å². The van der Waals surface area contributed by atoms with Gasteiger partial charge in [-0.2, -0.15) is 0 Å². The number of nitrogens with zero attached hydrogens (tertiary/aromatic N) is 2. The van der Waals surface area contributed by atoms with Gasteiger partial charge in [-0.1, -0.05) is 6.92 Å². The topological polar surface area (TPSA) is 28.2 Å². The summed E-state index contributed by atoms with van der Waals surface area (Å²) in [6.07, 6.45) is 8.11. The van der Waals surface area contributed by atoms with Gasteiger partial charge in [-0.25, -0.2) is 4.98 Å². The molecule has 4 rings (SSSR count). The van der Waals surface area contributed by atoms with Crippen LogP contribution in [0.5, 0.6) is 0 Å². The van der Waals surface area contributed by atoms with Gasteiger partial charge in [0.25, 0.3) is 0 Å². The molecule has 0 aromatic carbocycles. The van der Waals surface area contributed by atoms with E-state index in [0.29, 0.717) is 0 Å². The molecule has 2 heterocycles. The maximum absolute atomic E-state index is 5.02. The van der Waals surface area contributed by atoms with Crippen LogP contribution in [0.4, 0.5) is 5.13 Å². The Bertz CT molecular complexity index is 468. The number of thiazole rings is 1. The van der Waals surface area contributed by atoms with Gasteiger partial charge in [0, 0.05) is 36.5 Å². The molecule has 2 saturated carbocycles. The largest absolute Gasteiger partial charge is 0.348 e. The monoisotopic (exact) mass is 291 g/mol. The van der Waals surface area contributed by atoms with Crippen LogP contribution in [0.2, 0.25) is 0 Å². The normalized spacial score (nSPS) is 24.4. The molecule has 1 saturated heterocycles. The van der Waals surface area contributed by atoms with Crippen molar-refractivity contribution in [2.45, 2.75) is 64.0 Å². The van der Waals surface area contributed by atoms with Crippen molar-refractivity contribution >= 4 is 16.5 Å². The van der Waals surface area contributed by atoms with E-state index in [-0.39, 0.29) is 0 Å². The smallest absolute Gasteiger partial charge is 0.185 e. The van der Waals surface area contributed by atoms with E-state index in [1.165, 1.54) is 67.3 Å². The number of hydrogen-bond acceptors (Lipinski definition) is 4. The van der Waals surface area contributed by atoms with Crippen molar-refractivity contribution in [2.75, 3.05) is 18.0 Å². The van der Waals surface area contributed by atoms with Crippen LogP contribution < -0.4 is 10.2 Å². The van der Waals surface area contributed by atoms with Crippen molar-refractivity contribution in [3.05, 3.63) is 10.6 Å². The molecule has 0 amide bonds. The van der Waals surface area contributed by atoms with Gasteiger partial charge in [0.1, 0.15) is 0 Å². The first-order valence-electron chi connectivity index (χ1n) is 8.27. The molecule has 1 aromatic heterocycles. The lowest BCUT2D eigenvalue weighted by Crippen LogP contribution is -2.32. The van der Waals surface area contributed by atoms with Gasteiger partial charge < -0.3 is 10.2 Å². The Hall–Kier alpha value is -0.610. The summed E-state index contributed by atoms with van der Waals surface area (Å²) in [5.74, 6) is 1.67. The molecule has 0 radical (unpaired) electrons. The van der Waals surface area contributed by atoms with Gasteiger partial charge in [0.05, 0.1) is 5.69 Å². The Kier molecular flexibility index (Phi) is 3.47. The number of piperidine rings is 1. The van der Waals surface area contributed by atoms with E-state index in [4.69, 9.17) is 4.98 Å². The Morgan fingerprint density at radius 3 is 2.55 bits per heavy atom. The fraction of sp³-hybridized carbons (Fsp3) is 0.812. The fourth-order valence-electron chi connectivity index (χ4n) is 3.01. The molecule has 2 aliphatic carbocycles. The number of anilines is 1. The minimum Gasteiger partial charge on any atom is -0.348 e. The molecule has 0 unspecified atom stereocenters. The van der Waals surface area contributed by atoms with Crippen molar-refractivity contribution in [3.8, 4) is 0 Å². The summed E-state index contributed by atoms with van der Waals surface area (Å²) in [5.41, 5.74) is 1.43. The highest BCUT2D eigenvalue weighted by atomic mass is 32.1. The Labute approximate surface area is 125 Å². The third-order valence-electron chi connectivity index (χ3n) is 4.86. The summed E-state index contributed by atoms with van der Waals surface area (Å²) in [5, 5.41) is 4.97. The highest BCUT2D eigenvalue weighted by molar-refractivity contribution is 7.15. The van der Waals surface area contributed by atoms with Crippen LogP contribution in [0.15, 0.2) is 0 Å². The SMILES string of the molecule is CC1CCN(c2nc(C3CC3)c(CNC3CC3)s2)CC1. The minimum atomic E-state index is 0.778. The van der Waals surface area contributed by atoms with E-state index in [0.717, 1.165) is 24.4 Å². The van der Waals surface area contributed by atoms with Crippen molar-refractivity contribution in [3.63, 3.8) is 0 Å². The molecule has 0 atom stereocenters. The average Bonchev–Trinajstić information content (AvgIpc) is 3.37. The summed E-state index contributed by atoms with van der Waals surface area (Å²) in [4.78, 5) is 9.07. The van der Waals surface area contributed by atoms with Crippen LogP contribution in [-0.4, -0.2) is 24.1 Å². The van der Waals surface area contributed by atoms with Gasteiger partial charge in [0.15, 0.2) is 5.13 Å². The van der Waals surface area contributed by atoms with Gasteiger partial charge in [-0.3, -0.25) is 0 Å². The lowest BCUT2D eigenvalue weighted by Gasteiger charge is -2.29. The van der Waals surface area contributed by atoms with Crippen molar-refractivity contribution in [1.82, 2.24) is 10.3 Å². The van der Waals surface area contributed by atoms with Crippen LogP contribution in [0.3, 0.4) is 0 Å². The van der Waals surface area contributed by atoms with Crippen LogP contribution >= 0.6 is 11.3 Å². The molecule has 4 heteroatoms. The predicted molar refractivity (Wildman–Crippen MR) is 84.6 cm³/mol. The summed E-state index contributed by atoms with van der Waals surface area (Å²) < 4.78 is 0. The number of rotatable bonds is 5. The average molecular weight is 291 g/mol. The van der Waals surface area contributed by atoms with E-state index >= 15 is 0 Å². The standard InChI is InChI=1S/C16H25N3S/c1-11-6-8-19(9-7-11)16-18-15(12-2-3-12)14(20-16)10-17-13-4-5-13/h11-13,17H,2-10H2,1H3. The minimum absolute atomic E-state index is 0.778. The molecule has 1 aromatic rings. The van der Waals surface area contributed by atoms with E-state index in [1.807, 2.05) is 11.3 Å². The molecule has 0 bridgehead atoms. The maximum atomic E-state index is 5.02. The van der Waals surface area contributed by atoms with Gasteiger partial charge in [0.2, 0.25) is 0 Å². The third-order valence-corrected chi connectivity index (χ3v) is 6.00. The number of nitrogens with one attached hydrogen (secondary N) is 1. The van der Waals surface area contributed by atoms with E-state index in [1.54, 1.807) is 0 Å². The number of hydrogen-bond donors (Lipinski definition) is 1. The quantitative estimate of drug-likeness (QED) is 0.900. The summed E-state index contributed by atoms with van der Waals surface area (Å²) >= 11 is 1.96. The Morgan fingerprint density at radius 2 is 1.90 bits per heavy atom. The summed E-state index contributed by atoms with van der Waals surface area (Å²) in [6, 6.07) is 0.795. The van der Waals surface area contributed by atoms with Crippen LogP contribution in [0, 0.1) is 5.92 Å². The Balaban J connectivity index is 1.49. The molecule has 1 aliphatic heterocycles. The summed E-state index contributed by atoms with van der Waals surface area (Å²) in [6.45, 7) is 5.83. The zero-order valence-corrected chi connectivity index (χ0v) is 13.2. The lowest BCUT2D eigenvalue weighted by molar-refractivity contribution is 0.438. The van der Waals surface area contributed by atoms with Crippen LogP contribution in [0.25, 0.3) is 0 Å². The van der Waals surface area contributed by atoms with Crippen molar-refractivity contribution in [1.29, 1.82) is 0 Å². The molecular formula is C16H25N3S. The highest BCUT2D eigenvalue weighted by Crippen LogP contribution is 2.44. The van der Waals surface area contributed by atoms with Crippen LogP contribution in [0.1, 0.15) is 61.9 Å². The molecule has 110 valence electrons. The zero-order valence-electron chi connectivity index (χ0n) is 12.4. The second-order valence-corrected chi connectivity index (χ2v) is 7.97. The lowest BCUT2D eigenvalue weighted by atomic mass is 10.00. The predicted octanol–water partition coefficient (Wildman–Crippen LogP) is 3.51. The second kappa shape index (κ2) is 5.30. The van der Waals surface area contributed by atoms with E-state index in [2.05, 4.69) is 17.1 Å². The summed E-state index contributed by atoms with van der Waals surface area (Å²) in [7, 11) is 0. The van der Waals surface area contributed by atoms with E-state index in [9.17, 15) is 0 Å². The van der Waals surface area contributed by atoms with Crippen LogP contribution in [-0.2, 0) is 6.54 Å². The van der Waals surface area contributed by atoms with Gasteiger partial charge in [-0.15, -0.1) is 11.3 Å². The Morgan fingerprint density at radius 1 is 1.15 bits per heavy atom. The third kappa shape index (κ3) is 2.86. The first kappa shape index (κ1) is 13.1. The molecule has 1 N–H and O–H groups in total. The van der Waals surface area contributed by atoms with Gasteiger partial charge >= 0.3 is 0 Å². The fourth-order valence-corrected chi connectivity index (χ4v) is 4.16. The molecule has 3 aliphatic rings. The molecule has 20 heavy (non-hydrogen) atoms.